The van der Waals surface area contributed by atoms with Gasteiger partial charge in [0.25, 0.3) is 0 Å². The van der Waals surface area contributed by atoms with Crippen LogP contribution in [0, 0.1) is 6.92 Å². The molecule has 3 aromatic rings. The lowest BCUT2D eigenvalue weighted by molar-refractivity contribution is 0.354. The molecule has 1 aliphatic heterocycles. The van der Waals surface area contributed by atoms with E-state index in [0.29, 0.717) is 11.5 Å². The first kappa shape index (κ1) is 14.6. The molecule has 0 radical (unpaired) electrons. The van der Waals surface area contributed by atoms with Crippen molar-refractivity contribution in [2.45, 2.75) is 13.1 Å². The predicted octanol–water partition coefficient (Wildman–Crippen LogP) is 3.85. The maximum Gasteiger partial charge on any atom is 0.161 e. The monoisotopic (exact) mass is 321 g/mol. The van der Waals surface area contributed by atoms with E-state index >= 15 is 0 Å². The van der Waals surface area contributed by atoms with Crippen molar-refractivity contribution in [3.8, 4) is 22.8 Å². The second kappa shape index (κ2) is 5.60. The molecule has 0 saturated carbocycles. The van der Waals surface area contributed by atoms with Gasteiger partial charge in [-0.25, -0.2) is 4.68 Å². The third-order valence-electron chi connectivity index (χ3n) is 4.32. The second-order valence-electron chi connectivity index (χ2n) is 5.82. The van der Waals surface area contributed by atoms with Crippen molar-refractivity contribution in [2.75, 3.05) is 19.5 Å². The van der Waals surface area contributed by atoms with Gasteiger partial charge in [0.15, 0.2) is 11.5 Å². The van der Waals surface area contributed by atoms with Crippen molar-refractivity contribution >= 4 is 5.69 Å². The summed E-state index contributed by atoms with van der Waals surface area (Å²) in [6.45, 7) is 2.01. The van der Waals surface area contributed by atoms with E-state index in [0.717, 1.165) is 28.2 Å². The average Bonchev–Trinajstić information content (AvgIpc) is 3.02. The van der Waals surface area contributed by atoms with Crippen LogP contribution in [0.15, 0.2) is 48.5 Å². The van der Waals surface area contributed by atoms with Crippen LogP contribution in [0.5, 0.6) is 11.5 Å². The van der Waals surface area contributed by atoms with Gasteiger partial charge in [-0.05, 0) is 31.2 Å². The average molecular weight is 321 g/mol. The first-order valence-corrected chi connectivity index (χ1v) is 7.85. The summed E-state index contributed by atoms with van der Waals surface area (Å²) in [6, 6.07) is 16.4. The highest BCUT2D eigenvalue weighted by Gasteiger charge is 2.26. The third-order valence-corrected chi connectivity index (χ3v) is 4.32. The lowest BCUT2D eigenvalue weighted by Gasteiger charge is -2.29. The summed E-state index contributed by atoms with van der Waals surface area (Å²) in [5.41, 5.74) is 5.43. The van der Waals surface area contributed by atoms with Crippen LogP contribution in [-0.4, -0.2) is 24.0 Å². The summed E-state index contributed by atoms with van der Waals surface area (Å²) in [6.07, 6.45) is -0.0941. The molecule has 24 heavy (non-hydrogen) atoms. The molecule has 0 fully saturated rings. The Kier molecular flexibility index (Phi) is 3.41. The highest BCUT2D eigenvalue weighted by atomic mass is 16.5. The lowest BCUT2D eigenvalue weighted by Crippen LogP contribution is -2.25. The zero-order chi connectivity index (χ0) is 16.7. The summed E-state index contributed by atoms with van der Waals surface area (Å²) in [5, 5.41) is 8.26. The molecule has 0 amide bonds. The van der Waals surface area contributed by atoms with E-state index in [1.54, 1.807) is 14.2 Å². The Morgan fingerprint density at radius 2 is 1.79 bits per heavy atom. The number of hydrogen-bond donors (Lipinski definition) is 1. The van der Waals surface area contributed by atoms with Crippen LogP contribution >= 0.6 is 0 Å². The van der Waals surface area contributed by atoms with Gasteiger partial charge in [0.2, 0.25) is 0 Å². The van der Waals surface area contributed by atoms with Crippen LogP contribution in [0.25, 0.3) is 11.3 Å². The number of fused-ring (bicyclic) bond motifs is 3. The van der Waals surface area contributed by atoms with Crippen molar-refractivity contribution in [1.82, 2.24) is 9.78 Å². The fraction of sp³-hybridized carbons (Fsp3) is 0.211. The van der Waals surface area contributed by atoms with E-state index in [-0.39, 0.29) is 6.17 Å². The maximum absolute atomic E-state index is 5.45. The highest BCUT2D eigenvalue weighted by molar-refractivity contribution is 5.78. The number of nitrogens with zero attached hydrogens (tertiary/aromatic N) is 2. The Morgan fingerprint density at radius 3 is 2.58 bits per heavy atom. The van der Waals surface area contributed by atoms with E-state index in [9.17, 15) is 0 Å². The standard InChI is InChI=1S/C19H19N3O2/c1-12-10-16-14-6-4-5-7-15(14)20-19(22(16)21-12)13-8-9-17(23-2)18(11-13)24-3/h4-11,19-20H,1-3H3/t19-/m0/s1. The zero-order valence-corrected chi connectivity index (χ0v) is 13.9. The number of nitrogens with one attached hydrogen (secondary N) is 1. The maximum atomic E-state index is 5.45. The van der Waals surface area contributed by atoms with Gasteiger partial charge in [0, 0.05) is 16.8 Å². The second-order valence-corrected chi connectivity index (χ2v) is 5.82. The molecular formula is C19H19N3O2. The van der Waals surface area contributed by atoms with Gasteiger partial charge in [-0.1, -0.05) is 24.3 Å². The number of hydrogen-bond acceptors (Lipinski definition) is 4. The number of para-hydroxylation sites is 1. The van der Waals surface area contributed by atoms with E-state index in [4.69, 9.17) is 9.47 Å². The number of anilines is 1. The van der Waals surface area contributed by atoms with Crippen molar-refractivity contribution in [3.05, 3.63) is 59.8 Å². The zero-order valence-electron chi connectivity index (χ0n) is 13.9. The molecule has 2 heterocycles. The molecule has 4 rings (SSSR count). The quantitative estimate of drug-likeness (QED) is 0.796. The molecule has 0 unspecified atom stereocenters. The van der Waals surface area contributed by atoms with Gasteiger partial charge in [0.05, 0.1) is 25.6 Å². The van der Waals surface area contributed by atoms with Gasteiger partial charge >= 0.3 is 0 Å². The number of rotatable bonds is 3. The van der Waals surface area contributed by atoms with Crippen molar-refractivity contribution in [3.63, 3.8) is 0 Å². The van der Waals surface area contributed by atoms with E-state index < -0.39 is 0 Å². The Balaban J connectivity index is 1.85. The van der Waals surface area contributed by atoms with Crippen molar-refractivity contribution < 1.29 is 9.47 Å². The molecule has 1 aromatic heterocycles. The third kappa shape index (κ3) is 2.21. The fourth-order valence-electron chi connectivity index (χ4n) is 3.20. The summed E-state index contributed by atoms with van der Waals surface area (Å²) in [7, 11) is 3.29. The molecular weight excluding hydrogens is 302 g/mol. The molecule has 122 valence electrons. The van der Waals surface area contributed by atoms with Gasteiger partial charge in [-0.2, -0.15) is 5.10 Å². The molecule has 0 saturated heterocycles. The van der Waals surface area contributed by atoms with Crippen LogP contribution in [-0.2, 0) is 0 Å². The predicted molar refractivity (Wildman–Crippen MR) is 93.7 cm³/mol. The molecule has 0 aliphatic carbocycles. The van der Waals surface area contributed by atoms with E-state index in [2.05, 4.69) is 28.6 Å². The smallest absolute Gasteiger partial charge is 0.161 e. The van der Waals surface area contributed by atoms with Gasteiger partial charge in [-0.15, -0.1) is 0 Å². The highest BCUT2D eigenvalue weighted by Crippen LogP contribution is 2.40. The minimum atomic E-state index is -0.0941. The van der Waals surface area contributed by atoms with E-state index in [1.807, 2.05) is 41.9 Å². The summed E-state index contributed by atoms with van der Waals surface area (Å²) in [5.74, 6) is 1.43. The number of ether oxygens (including phenoxy) is 2. The minimum absolute atomic E-state index is 0.0941. The molecule has 1 atom stereocenters. The molecule has 2 aromatic carbocycles. The van der Waals surface area contributed by atoms with Gasteiger partial charge in [-0.3, -0.25) is 0 Å². The Bertz CT molecular complexity index is 901. The summed E-state index contributed by atoms with van der Waals surface area (Å²) in [4.78, 5) is 0. The summed E-state index contributed by atoms with van der Waals surface area (Å²) >= 11 is 0. The van der Waals surface area contributed by atoms with Crippen LogP contribution in [0.3, 0.4) is 0 Å². The molecule has 5 heteroatoms. The number of benzene rings is 2. The van der Waals surface area contributed by atoms with Crippen molar-refractivity contribution in [1.29, 1.82) is 0 Å². The molecule has 0 bridgehead atoms. The fourth-order valence-corrected chi connectivity index (χ4v) is 3.20. The van der Waals surface area contributed by atoms with Gasteiger partial charge < -0.3 is 14.8 Å². The molecule has 0 spiro atoms. The molecule has 5 nitrogen and oxygen atoms in total. The minimum Gasteiger partial charge on any atom is -0.493 e. The Morgan fingerprint density at radius 1 is 1.00 bits per heavy atom. The first-order chi connectivity index (χ1) is 11.7. The van der Waals surface area contributed by atoms with Gasteiger partial charge in [0.1, 0.15) is 6.17 Å². The number of methoxy groups -OCH3 is 2. The van der Waals surface area contributed by atoms with Crippen molar-refractivity contribution in [2.24, 2.45) is 0 Å². The topological polar surface area (TPSA) is 48.3 Å². The number of aryl methyl sites for hydroxylation is 1. The van der Waals surface area contributed by atoms with Crippen LogP contribution in [0.4, 0.5) is 5.69 Å². The van der Waals surface area contributed by atoms with E-state index in [1.165, 1.54) is 0 Å². The number of aromatic nitrogens is 2. The lowest BCUT2D eigenvalue weighted by atomic mass is 10.0. The first-order valence-electron chi connectivity index (χ1n) is 7.85. The molecule has 1 aliphatic rings. The Hall–Kier alpha value is -2.95. The van der Waals surface area contributed by atoms with Crippen LogP contribution < -0.4 is 14.8 Å². The summed E-state index contributed by atoms with van der Waals surface area (Å²) < 4.78 is 12.8. The Labute approximate surface area is 140 Å². The SMILES string of the molecule is COc1ccc([C@H]2Nc3ccccc3-c3cc(C)nn32)cc1OC. The van der Waals surface area contributed by atoms with Crippen LogP contribution in [0.2, 0.25) is 0 Å². The van der Waals surface area contributed by atoms with Crippen LogP contribution in [0.1, 0.15) is 17.4 Å². The molecule has 1 N–H and O–H groups in total. The largest absolute Gasteiger partial charge is 0.493 e. The normalized spacial score (nSPS) is 15.2.